The number of nitrogens with zero attached hydrogens (tertiary/aromatic N) is 4. The molecule has 1 amide bonds. The number of carbonyl (C=O) groups excluding carboxylic acids is 1. The summed E-state index contributed by atoms with van der Waals surface area (Å²) in [5, 5.41) is 3.28. The van der Waals surface area contributed by atoms with E-state index in [4.69, 9.17) is 4.74 Å². The van der Waals surface area contributed by atoms with E-state index in [0.717, 1.165) is 57.1 Å². The third kappa shape index (κ3) is 6.74. The highest BCUT2D eigenvalue weighted by Gasteiger charge is 2.33. The molecule has 2 saturated heterocycles. The van der Waals surface area contributed by atoms with Crippen LogP contribution < -0.4 is 10.1 Å². The standard InChI is InChI=1S/C26H37N5O2/c1-3-31-12-4-5-24(31)14-29-26(32)23-13-22(19-33-25-7-6-20(2)28-15-25)17-30(18-23)16-21-8-10-27-11-9-21/h6-11,15,22-24H,3-5,12-14,16-19H2,1-2H3,(H,29,32)/t22-,23+,24?/m0/s1. The molecule has 2 aliphatic rings. The average Bonchev–Trinajstić information content (AvgIpc) is 3.30. The molecule has 0 bridgehead atoms. The van der Waals surface area contributed by atoms with Gasteiger partial charge in [0, 0.05) is 56.2 Å². The number of hydrogen-bond acceptors (Lipinski definition) is 6. The summed E-state index contributed by atoms with van der Waals surface area (Å²) in [5.74, 6) is 1.23. The number of ether oxygens (including phenoxy) is 1. The van der Waals surface area contributed by atoms with Gasteiger partial charge in [0.2, 0.25) is 5.91 Å². The summed E-state index contributed by atoms with van der Waals surface area (Å²) in [5.41, 5.74) is 2.20. The molecule has 0 saturated carbocycles. The Hall–Kier alpha value is -2.51. The topological polar surface area (TPSA) is 70.6 Å². The SMILES string of the molecule is CCN1CCCC1CNC(=O)[C@@H]1C[C@H](COc2ccc(C)nc2)CN(Cc2ccncc2)C1. The lowest BCUT2D eigenvalue weighted by molar-refractivity contribution is -0.128. The van der Waals surface area contributed by atoms with E-state index in [1.807, 2.05) is 43.6 Å². The zero-order chi connectivity index (χ0) is 23.0. The first-order valence-corrected chi connectivity index (χ1v) is 12.3. The molecular weight excluding hydrogens is 414 g/mol. The lowest BCUT2D eigenvalue weighted by Gasteiger charge is -2.37. The third-order valence-corrected chi connectivity index (χ3v) is 6.93. The number of aryl methyl sites for hydroxylation is 1. The largest absolute Gasteiger partial charge is 0.492 e. The minimum atomic E-state index is -0.0261. The van der Waals surface area contributed by atoms with Crippen molar-refractivity contribution in [2.75, 3.05) is 39.3 Å². The first-order valence-electron chi connectivity index (χ1n) is 12.3. The molecular formula is C26H37N5O2. The number of pyridine rings is 2. The van der Waals surface area contributed by atoms with Gasteiger partial charge in [-0.05, 0) is 69.1 Å². The fraction of sp³-hybridized carbons (Fsp3) is 0.577. The lowest BCUT2D eigenvalue weighted by atomic mass is 9.88. The van der Waals surface area contributed by atoms with Gasteiger partial charge in [-0.25, -0.2) is 0 Å². The molecule has 4 heterocycles. The van der Waals surface area contributed by atoms with Gasteiger partial charge >= 0.3 is 0 Å². The Bertz CT molecular complexity index is 876. The highest BCUT2D eigenvalue weighted by molar-refractivity contribution is 5.79. The maximum Gasteiger partial charge on any atom is 0.224 e. The van der Waals surface area contributed by atoms with Crippen molar-refractivity contribution in [3.05, 3.63) is 54.1 Å². The second-order valence-electron chi connectivity index (χ2n) is 9.46. The van der Waals surface area contributed by atoms with Crippen LogP contribution in [-0.2, 0) is 11.3 Å². The number of likely N-dealkylation sites (tertiary alicyclic amines) is 2. The average molecular weight is 452 g/mol. The molecule has 178 valence electrons. The molecule has 0 aliphatic carbocycles. The van der Waals surface area contributed by atoms with E-state index < -0.39 is 0 Å². The number of piperidine rings is 1. The zero-order valence-electron chi connectivity index (χ0n) is 19.9. The van der Waals surface area contributed by atoms with Crippen molar-refractivity contribution in [3.8, 4) is 5.75 Å². The molecule has 7 nitrogen and oxygen atoms in total. The molecule has 2 aliphatic heterocycles. The third-order valence-electron chi connectivity index (χ3n) is 6.93. The molecule has 4 rings (SSSR count). The van der Waals surface area contributed by atoms with Crippen LogP contribution in [-0.4, -0.2) is 71.0 Å². The fourth-order valence-corrected chi connectivity index (χ4v) is 5.15. The van der Waals surface area contributed by atoms with Crippen molar-refractivity contribution in [1.29, 1.82) is 0 Å². The normalized spacial score (nSPS) is 24.0. The first-order chi connectivity index (χ1) is 16.1. The van der Waals surface area contributed by atoms with E-state index >= 15 is 0 Å². The Balaban J connectivity index is 1.37. The zero-order valence-corrected chi connectivity index (χ0v) is 19.9. The summed E-state index contributed by atoms with van der Waals surface area (Å²) >= 11 is 0. The van der Waals surface area contributed by atoms with Crippen LogP contribution in [0.4, 0.5) is 0 Å². The van der Waals surface area contributed by atoms with Crippen molar-refractivity contribution >= 4 is 5.91 Å². The van der Waals surface area contributed by atoms with Crippen molar-refractivity contribution in [2.45, 2.75) is 45.7 Å². The van der Waals surface area contributed by atoms with Crippen LogP contribution in [0.15, 0.2) is 42.9 Å². The van der Waals surface area contributed by atoms with E-state index in [2.05, 4.69) is 32.0 Å². The predicted molar refractivity (Wildman–Crippen MR) is 129 cm³/mol. The van der Waals surface area contributed by atoms with Crippen LogP contribution in [0.1, 0.15) is 37.4 Å². The van der Waals surface area contributed by atoms with Crippen LogP contribution in [0.5, 0.6) is 5.75 Å². The Labute approximate surface area is 197 Å². The van der Waals surface area contributed by atoms with E-state index in [-0.39, 0.29) is 17.7 Å². The van der Waals surface area contributed by atoms with Gasteiger partial charge in [0.15, 0.2) is 0 Å². The second kappa shape index (κ2) is 11.6. The van der Waals surface area contributed by atoms with E-state index in [1.165, 1.54) is 18.4 Å². The molecule has 0 aromatic carbocycles. The molecule has 1 N–H and O–H groups in total. The van der Waals surface area contributed by atoms with Crippen LogP contribution in [0.3, 0.4) is 0 Å². The Morgan fingerprint density at radius 1 is 1.21 bits per heavy atom. The highest BCUT2D eigenvalue weighted by Crippen LogP contribution is 2.25. The molecule has 7 heteroatoms. The number of carbonyl (C=O) groups is 1. The minimum absolute atomic E-state index is 0.0261. The summed E-state index contributed by atoms with van der Waals surface area (Å²) < 4.78 is 6.06. The molecule has 0 spiro atoms. The summed E-state index contributed by atoms with van der Waals surface area (Å²) in [4.78, 5) is 26.5. The second-order valence-corrected chi connectivity index (χ2v) is 9.46. The van der Waals surface area contributed by atoms with E-state index in [1.54, 1.807) is 6.20 Å². The van der Waals surface area contributed by atoms with Gasteiger partial charge < -0.3 is 10.1 Å². The molecule has 2 fully saturated rings. The first kappa shape index (κ1) is 23.6. The van der Waals surface area contributed by atoms with E-state index in [9.17, 15) is 4.79 Å². The summed E-state index contributed by atoms with van der Waals surface area (Å²) in [6, 6.07) is 8.50. The maximum atomic E-state index is 13.2. The number of amides is 1. The van der Waals surface area contributed by atoms with Gasteiger partial charge in [-0.1, -0.05) is 6.92 Å². The Morgan fingerprint density at radius 2 is 2.06 bits per heavy atom. The maximum absolute atomic E-state index is 13.2. The van der Waals surface area contributed by atoms with Crippen molar-refractivity contribution in [2.24, 2.45) is 11.8 Å². The van der Waals surface area contributed by atoms with E-state index in [0.29, 0.717) is 12.6 Å². The summed E-state index contributed by atoms with van der Waals surface area (Å²) in [6.07, 6.45) is 8.68. The van der Waals surface area contributed by atoms with Crippen LogP contribution in [0, 0.1) is 18.8 Å². The van der Waals surface area contributed by atoms with Crippen LogP contribution >= 0.6 is 0 Å². The summed E-state index contributed by atoms with van der Waals surface area (Å²) in [7, 11) is 0. The molecule has 33 heavy (non-hydrogen) atoms. The number of nitrogens with one attached hydrogen (secondary N) is 1. The fourth-order valence-electron chi connectivity index (χ4n) is 5.15. The summed E-state index contributed by atoms with van der Waals surface area (Å²) in [6.45, 7) is 10.2. The van der Waals surface area contributed by atoms with Gasteiger partial charge in [-0.2, -0.15) is 0 Å². The molecule has 2 aromatic heterocycles. The van der Waals surface area contributed by atoms with Gasteiger partial charge in [0.1, 0.15) is 5.75 Å². The molecule has 2 aromatic rings. The van der Waals surface area contributed by atoms with Crippen molar-refractivity contribution in [1.82, 2.24) is 25.1 Å². The molecule has 0 radical (unpaired) electrons. The lowest BCUT2D eigenvalue weighted by Crippen LogP contribution is -2.49. The number of hydrogen-bond donors (Lipinski definition) is 1. The van der Waals surface area contributed by atoms with Crippen molar-refractivity contribution < 1.29 is 9.53 Å². The minimum Gasteiger partial charge on any atom is -0.492 e. The van der Waals surface area contributed by atoms with Gasteiger partial charge in [0.05, 0.1) is 18.7 Å². The van der Waals surface area contributed by atoms with Crippen molar-refractivity contribution in [3.63, 3.8) is 0 Å². The number of likely N-dealkylation sites (N-methyl/N-ethyl adjacent to an activating group) is 1. The van der Waals surface area contributed by atoms with Crippen LogP contribution in [0.25, 0.3) is 0 Å². The Morgan fingerprint density at radius 3 is 2.82 bits per heavy atom. The Kier molecular flexibility index (Phi) is 8.29. The number of aromatic nitrogens is 2. The smallest absolute Gasteiger partial charge is 0.224 e. The molecule has 3 atom stereocenters. The van der Waals surface area contributed by atoms with Crippen LogP contribution in [0.2, 0.25) is 0 Å². The van der Waals surface area contributed by atoms with Gasteiger partial charge in [-0.15, -0.1) is 0 Å². The number of rotatable bonds is 9. The molecule has 1 unspecified atom stereocenters. The quantitative estimate of drug-likeness (QED) is 0.632. The highest BCUT2D eigenvalue weighted by atomic mass is 16.5. The van der Waals surface area contributed by atoms with Gasteiger partial charge in [-0.3, -0.25) is 24.6 Å². The predicted octanol–water partition coefficient (Wildman–Crippen LogP) is 2.90. The van der Waals surface area contributed by atoms with Gasteiger partial charge in [0.25, 0.3) is 0 Å². The monoisotopic (exact) mass is 451 g/mol.